The molecule has 184 valence electrons. The number of nitrogens with zero attached hydrogens (tertiary/aromatic N) is 3. The number of hydrogen-bond donors (Lipinski definition) is 1. The van der Waals surface area contributed by atoms with E-state index in [1.54, 1.807) is 0 Å². The van der Waals surface area contributed by atoms with Crippen molar-refractivity contribution >= 4 is 52.4 Å². The third-order valence-electron chi connectivity index (χ3n) is 7.22. The molecule has 0 radical (unpaired) electrons. The SMILES string of the molecule is COC(=O)C1CCC2C(=O)N(CCC(=O)N3CCN(c4cc(Cl)ccc4C)CC3)C(=S)NC2C1. The fraction of sp³-hybridized carbons (Fsp3) is 0.583. The summed E-state index contributed by atoms with van der Waals surface area (Å²) in [6, 6.07) is 5.70. The van der Waals surface area contributed by atoms with E-state index in [9.17, 15) is 14.4 Å². The van der Waals surface area contributed by atoms with Gasteiger partial charge in [0.15, 0.2) is 5.11 Å². The van der Waals surface area contributed by atoms with Gasteiger partial charge in [0, 0.05) is 55.9 Å². The summed E-state index contributed by atoms with van der Waals surface area (Å²) in [5.41, 5.74) is 2.26. The molecule has 1 N–H and O–H groups in total. The molecule has 2 amide bonds. The number of esters is 1. The van der Waals surface area contributed by atoms with Gasteiger partial charge in [-0.15, -0.1) is 0 Å². The van der Waals surface area contributed by atoms with Crippen LogP contribution in [0.25, 0.3) is 0 Å². The molecule has 10 heteroatoms. The molecule has 1 aromatic rings. The van der Waals surface area contributed by atoms with Crippen molar-refractivity contribution in [3.8, 4) is 0 Å². The number of fused-ring (bicyclic) bond motifs is 1. The maximum Gasteiger partial charge on any atom is 0.308 e. The molecule has 3 fully saturated rings. The van der Waals surface area contributed by atoms with E-state index in [-0.39, 0.29) is 48.6 Å². The molecule has 1 aliphatic carbocycles. The van der Waals surface area contributed by atoms with Gasteiger partial charge in [0.25, 0.3) is 0 Å². The summed E-state index contributed by atoms with van der Waals surface area (Å²) in [6.07, 6.45) is 1.99. The lowest BCUT2D eigenvalue weighted by atomic mass is 9.76. The number of benzene rings is 1. The maximum atomic E-state index is 13.1. The van der Waals surface area contributed by atoms with Crippen LogP contribution in [0.3, 0.4) is 0 Å². The Morgan fingerprint density at radius 2 is 1.94 bits per heavy atom. The van der Waals surface area contributed by atoms with E-state index in [1.807, 2.05) is 23.1 Å². The highest BCUT2D eigenvalue weighted by atomic mass is 35.5. The zero-order valence-corrected chi connectivity index (χ0v) is 21.2. The zero-order valence-electron chi connectivity index (χ0n) is 19.6. The molecule has 2 aliphatic heterocycles. The van der Waals surface area contributed by atoms with E-state index in [4.69, 9.17) is 28.6 Å². The van der Waals surface area contributed by atoms with E-state index in [0.717, 1.165) is 24.3 Å². The van der Waals surface area contributed by atoms with Gasteiger partial charge >= 0.3 is 5.97 Å². The van der Waals surface area contributed by atoms with Crippen molar-refractivity contribution in [2.75, 3.05) is 44.7 Å². The van der Waals surface area contributed by atoms with E-state index in [1.165, 1.54) is 12.0 Å². The number of methoxy groups -OCH3 is 1. The number of ether oxygens (including phenoxy) is 1. The van der Waals surface area contributed by atoms with Gasteiger partial charge < -0.3 is 19.9 Å². The molecule has 3 aliphatic rings. The van der Waals surface area contributed by atoms with Crippen LogP contribution in [0, 0.1) is 18.8 Å². The van der Waals surface area contributed by atoms with Gasteiger partial charge in [-0.3, -0.25) is 19.3 Å². The summed E-state index contributed by atoms with van der Waals surface area (Å²) in [5, 5.41) is 4.27. The molecule has 1 aromatic carbocycles. The summed E-state index contributed by atoms with van der Waals surface area (Å²) in [4.78, 5) is 43.5. The lowest BCUT2D eigenvalue weighted by Gasteiger charge is -2.43. The number of thiocarbonyl (C=S) groups is 1. The number of hydrogen-bond acceptors (Lipinski definition) is 6. The number of aryl methyl sites for hydroxylation is 1. The number of carbonyl (C=O) groups excluding carboxylic acids is 3. The monoisotopic (exact) mass is 506 g/mol. The lowest BCUT2D eigenvalue weighted by Crippen LogP contribution is -2.62. The molecule has 2 heterocycles. The fourth-order valence-corrected chi connectivity index (χ4v) is 5.74. The van der Waals surface area contributed by atoms with Crippen LogP contribution in [-0.2, 0) is 19.1 Å². The number of amides is 2. The molecule has 4 rings (SSSR count). The second kappa shape index (κ2) is 10.5. The van der Waals surface area contributed by atoms with Crippen molar-refractivity contribution in [1.82, 2.24) is 15.1 Å². The molecule has 34 heavy (non-hydrogen) atoms. The Morgan fingerprint density at radius 1 is 1.21 bits per heavy atom. The first kappa shape index (κ1) is 24.7. The molecule has 1 saturated carbocycles. The average molecular weight is 507 g/mol. The minimum absolute atomic E-state index is 0.0228. The average Bonchev–Trinajstić information content (AvgIpc) is 2.84. The smallest absolute Gasteiger partial charge is 0.308 e. The predicted molar refractivity (Wildman–Crippen MR) is 134 cm³/mol. The van der Waals surface area contributed by atoms with E-state index >= 15 is 0 Å². The normalized spacial score (nSPS) is 25.0. The summed E-state index contributed by atoms with van der Waals surface area (Å²) < 4.78 is 4.86. The highest BCUT2D eigenvalue weighted by Gasteiger charge is 2.44. The number of piperazine rings is 1. The Labute approximate surface area is 210 Å². The van der Waals surface area contributed by atoms with E-state index < -0.39 is 0 Å². The van der Waals surface area contributed by atoms with Crippen molar-refractivity contribution in [3.63, 3.8) is 0 Å². The lowest BCUT2D eigenvalue weighted by molar-refractivity contribution is -0.149. The standard InChI is InChI=1S/C24H31ClN4O4S/c1-15-3-5-17(25)14-20(15)27-9-11-28(12-10-27)21(30)7-8-29-22(31)18-6-4-16(23(32)33-2)13-19(18)26-24(29)34/h3,5,14,16,18-19H,4,6-13H2,1-2H3,(H,26,34). The zero-order chi connectivity index (χ0) is 24.4. The quantitative estimate of drug-likeness (QED) is 0.485. The Bertz CT molecular complexity index is 982. The minimum Gasteiger partial charge on any atom is -0.469 e. The van der Waals surface area contributed by atoms with Crippen LogP contribution in [0.5, 0.6) is 0 Å². The second-order valence-corrected chi connectivity index (χ2v) is 10.1. The molecular weight excluding hydrogens is 476 g/mol. The molecule has 0 bridgehead atoms. The first-order valence-electron chi connectivity index (χ1n) is 11.8. The molecule has 0 aromatic heterocycles. The maximum absolute atomic E-state index is 13.1. The van der Waals surface area contributed by atoms with Gasteiger partial charge in [-0.1, -0.05) is 17.7 Å². The minimum atomic E-state index is -0.239. The topological polar surface area (TPSA) is 82.2 Å². The van der Waals surface area contributed by atoms with Crippen LogP contribution in [0.15, 0.2) is 18.2 Å². The van der Waals surface area contributed by atoms with Gasteiger partial charge in [-0.25, -0.2) is 0 Å². The summed E-state index contributed by atoms with van der Waals surface area (Å²) in [6.45, 7) is 5.05. The van der Waals surface area contributed by atoms with Gasteiger partial charge in [-0.2, -0.15) is 0 Å². The fourth-order valence-electron chi connectivity index (χ4n) is 5.24. The van der Waals surface area contributed by atoms with Gasteiger partial charge in [-0.05, 0) is 56.1 Å². The van der Waals surface area contributed by atoms with Crippen LogP contribution in [-0.4, -0.2) is 78.6 Å². The molecule has 3 atom stereocenters. The van der Waals surface area contributed by atoms with Crippen molar-refractivity contribution in [3.05, 3.63) is 28.8 Å². The molecule has 2 saturated heterocycles. The van der Waals surface area contributed by atoms with Crippen LogP contribution in [0.4, 0.5) is 5.69 Å². The number of rotatable bonds is 5. The summed E-state index contributed by atoms with van der Waals surface area (Å²) in [5.74, 6) is -0.706. The molecule has 3 unspecified atom stereocenters. The number of halogens is 1. The van der Waals surface area contributed by atoms with Gasteiger partial charge in [0.1, 0.15) is 0 Å². The Hall–Kier alpha value is -2.39. The molecule has 0 spiro atoms. The first-order chi connectivity index (χ1) is 16.3. The van der Waals surface area contributed by atoms with Gasteiger partial charge in [0.2, 0.25) is 11.8 Å². The third kappa shape index (κ3) is 5.15. The largest absolute Gasteiger partial charge is 0.469 e. The van der Waals surface area contributed by atoms with Crippen LogP contribution < -0.4 is 10.2 Å². The van der Waals surface area contributed by atoms with Crippen molar-refractivity contribution in [2.45, 2.75) is 38.6 Å². The Kier molecular flexibility index (Phi) is 7.62. The number of carbonyl (C=O) groups is 3. The van der Waals surface area contributed by atoms with E-state index in [0.29, 0.717) is 42.5 Å². The van der Waals surface area contributed by atoms with Crippen molar-refractivity contribution < 1.29 is 19.1 Å². The second-order valence-electron chi connectivity index (χ2n) is 9.23. The van der Waals surface area contributed by atoms with Crippen LogP contribution >= 0.6 is 23.8 Å². The summed E-state index contributed by atoms with van der Waals surface area (Å²) >= 11 is 11.6. The summed E-state index contributed by atoms with van der Waals surface area (Å²) in [7, 11) is 1.38. The first-order valence-corrected chi connectivity index (χ1v) is 12.6. The molecule has 8 nitrogen and oxygen atoms in total. The van der Waals surface area contributed by atoms with E-state index in [2.05, 4.69) is 17.1 Å². The van der Waals surface area contributed by atoms with Crippen molar-refractivity contribution in [1.29, 1.82) is 0 Å². The van der Waals surface area contributed by atoms with Crippen molar-refractivity contribution in [2.24, 2.45) is 11.8 Å². The Morgan fingerprint density at radius 3 is 2.65 bits per heavy atom. The highest BCUT2D eigenvalue weighted by Crippen LogP contribution is 2.33. The number of anilines is 1. The molecular formula is C24H31ClN4O4S. The van der Waals surface area contributed by atoms with Crippen LogP contribution in [0.1, 0.15) is 31.2 Å². The third-order valence-corrected chi connectivity index (χ3v) is 7.79. The predicted octanol–water partition coefficient (Wildman–Crippen LogP) is 2.36. The number of nitrogens with one attached hydrogen (secondary N) is 1. The Balaban J connectivity index is 1.28. The van der Waals surface area contributed by atoms with Gasteiger partial charge in [0.05, 0.1) is 18.9 Å². The highest BCUT2D eigenvalue weighted by molar-refractivity contribution is 7.80. The van der Waals surface area contributed by atoms with Crippen LogP contribution in [0.2, 0.25) is 5.02 Å².